The molecule has 118 valence electrons. The molecular weight excluding hydrogens is 272 g/mol. The monoisotopic (exact) mass is 298 g/mol. The predicted molar refractivity (Wildman–Crippen MR) is 89.4 cm³/mol. The topological polar surface area (TPSA) is 28.4 Å². The summed E-state index contributed by atoms with van der Waals surface area (Å²) in [6.07, 6.45) is 7.22. The maximum Gasteiger partial charge on any atom is 0.117 e. The maximum atomic E-state index is 5.34. The van der Waals surface area contributed by atoms with Crippen LogP contribution in [0.1, 0.15) is 42.6 Å². The molecule has 0 atom stereocenters. The summed E-state index contributed by atoms with van der Waals surface area (Å²) in [5.74, 6) is 0.987. The van der Waals surface area contributed by atoms with Crippen LogP contribution in [0.15, 0.2) is 47.1 Å². The van der Waals surface area contributed by atoms with E-state index < -0.39 is 0 Å². The summed E-state index contributed by atoms with van der Waals surface area (Å²) >= 11 is 0. The Morgan fingerprint density at radius 1 is 0.909 bits per heavy atom. The highest BCUT2D eigenvalue weighted by atomic mass is 16.3. The van der Waals surface area contributed by atoms with Gasteiger partial charge >= 0.3 is 0 Å². The quantitative estimate of drug-likeness (QED) is 0.875. The molecule has 1 aliphatic heterocycles. The van der Waals surface area contributed by atoms with Crippen LogP contribution in [-0.4, -0.2) is 18.0 Å². The third-order valence-electron chi connectivity index (χ3n) is 4.30. The molecule has 1 fully saturated rings. The minimum absolute atomic E-state index is 0.781. The number of nitrogens with one attached hydrogen (secondary N) is 1. The van der Waals surface area contributed by atoms with Crippen molar-refractivity contribution in [3.63, 3.8) is 0 Å². The van der Waals surface area contributed by atoms with Gasteiger partial charge in [0.2, 0.25) is 0 Å². The molecule has 1 aliphatic rings. The second kappa shape index (κ2) is 8.16. The zero-order valence-electron chi connectivity index (χ0n) is 13.3. The molecule has 0 amide bonds. The molecular formula is C19H26N2O. The molecule has 2 aromatic rings. The fraction of sp³-hybridized carbons (Fsp3) is 0.474. The van der Waals surface area contributed by atoms with Gasteiger partial charge in [0.25, 0.3) is 0 Å². The lowest BCUT2D eigenvalue weighted by Crippen LogP contribution is -2.24. The molecule has 0 unspecified atom stereocenters. The van der Waals surface area contributed by atoms with Gasteiger partial charge in [-0.3, -0.25) is 4.90 Å². The van der Waals surface area contributed by atoms with Gasteiger partial charge in [-0.25, -0.2) is 0 Å². The summed E-state index contributed by atoms with van der Waals surface area (Å²) in [6, 6.07) is 12.9. The van der Waals surface area contributed by atoms with Crippen molar-refractivity contribution in [1.82, 2.24) is 10.2 Å². The van der Waals surface area contributed by atoms with Gasteiger partial charge in [0.05, 0.1) is 12.8 Å². The number of benzene rings is 1. The Morgan fingerprint density at radius 3 is 2.50 bits per heavy atom. The van der Waals surface area contributed by atoms with Gasteiger partial charge in [0.15, 0.2) is 0 Å². The molecule has 1 aromatic heterocycles. The summed E-state index contributed by atoms with van der Waals surface area (Å²) in [7, 11) is 0. The molecule has 0 aliphatic carbocycles. The largest absolute Gasteiger partial charge is 0.468 e. The van der Waals surface area contributed by atoms with E-state index in [4.69, 9.17) is 4.42 Å². The summed E-state index contributed by atoms with van der Waals surface area (Å²) in [5, 5.41) is 3.44. The van der Waals surface area contributed by atoms with Crippen molar-refractivity contribution in [3.05, 3.63) is 59.5 Å². The zero-order valence-corrected chi connectivity index (χ0v) is 13.3. The van der Waals surface area contributed by atoms with Gasteiger partial charge in [-0.2, -0.15) is 0 Å². The molecule has 0 bridgehead atoms. The van der Waals surface area contributed by atoms with Crippen molar-refractivity contribution in [2.75, 3.05) is 13.1 Å². The van der Waals surface area contributed by atoms with Gasteiger partial charge in [0, 0.05) is 13.1 Å². The molecule has 1 aromatic carbocycles. The van der Waals surface area contributed by atoms with E-state index in [2.05, 4.69) is 34.5 Å². The molecule has 22 heavy (non-hydrogen) atoms. The second-order valence-corrected chi connectivity index (χ2v) is 6.19. The van der Waals surface area contributed by atoms with Gasteiger partial charge in [-0.1, -0.05) is 37.1 Å². The highest BCUT2D eigenvalue weighted by Crippen LogP contribution is 2.14. The average Bonchev–Trinajstić information content (AvgIpc) is 2.92. The second-order valence-electron chi connectivity index (χ2n) is 6.19. The minimum atomic E-state index is 0.781. The number of rotatable bonds is 6. The Labute approximate surface area is 133 Å². The van der Waals surface area contributed by atoms with Crippen LogP contribution in [0.25, 0.3) is 0 Å². The number of hydrogen-bond acceptors (Lipinski definition) is 3. The molecule has 3 heteroatoms. The van der Waals surface area contributed by atoms with Crippen molar-refractivity contribution >= 4 is 0 Å². The minimum Gasteiger partial charge on any atom is -0.468 e. The Kier molecular flexibility index (Phi) is 5.68. The predicted octanol–water partition coefficient (Wildman–Crippen LogP) is 3.95. The zero-order chi connectivity index (χ0) is 15.0. The number of nitrogens with zero attached hydrogens (tertiary/aromatic N) is 1. The summed E-state index contributed by atoms with van der Waals surface area (Å²) in [6.45, 7) is 5.26. The van der Waals surface area contributed by atoms with Crippen LogP contribution in [0.3, 0.4) is 0 Å². The van der Waals surface area contributed by atoms with Crippen molar-refractivity contribution in [2.45, 2.75) is 45.3 Å². The van der Waals surface area contributed by atoms with Gasteiger partial charge in [-0.05, 0) is 49.2 Å². The molecule has 1 saturated heterocycles. The van der Waals surface area contributed by atoms with Crippen LogP contribution in [0, 0.1) is 0 Å². The van der Waals surface area contributed by atoms with Crippen LogP contribution in [0.2, 0.25) is 0 Å². The third-order valence-corrected chi connectivity index (χ3v) is 4.30. The van der Waals surface area contributed by atoms with Crippen LogP contribution in [0.4, 0.5) is 0 Å². The van der Waals surface area contributed by atoms with E-state index in [-0.39, 0.29) is 0 Å². The summed E-state index contributed by atoms with van der Waals surface area (Å²) < 4.78 is 5.34. The van der Waals surface area contributed by atoms with Crippen molar-refractivity contribution in [2.24, 2.45) is 0 Å². The van der Waals surface area contributed by atoms with E-state index in [9.17, 15) is 0 Å². The van der Waals surface area contributed by atoms with E-state index in [0.29, 0.717) is 0 Å². The molecule has 3 rings (SSSR count). The van der Waals surface area contributed by atoms with E-state index in [1.165, 1.54) is 49.9 Å². The lowest BCUT2D eigenvalue weighted by molar-refractivity contribution is 0.277. The van der Waals surface area contributed by atoms with Crippen LogP contribution < -0.4 is 5.32 Å². The van der Waals surface area contributed by atoms with E-state index in [0.717, 1.165) is 25.4 Å². The molecule has 3 nitrogen and oxygen atoms in total. The Bertz CT molecular complexity index is 542. The fourth-order valence-electron chi connectivity index (χ4n) is 3.13. The SMILES string of the molecule is c1cc(CNCc2ccco2)cc(CN2CCCCCC2)c1. The van der Waals surface area contributed by atoms with Crippen molar-refractivity contribution in [3.8, 4) is 0 Å². The van der Waals surface area contributed by atoms with Crippen LogP contribution in [-0.2, 0) is 19.6 Å². The van der Waals surface area contributed by atoms with E-state index >= 15 is 0 Å². The Hall–Kier alpha value is -1.58. The summed E-state index contributed by atoms with van der Waals surface area (Å²) in [4.78, 5) is 2.60. The van der Waals surface area contributed by atoms with Crippen molar-refractivity contribution in [1.29, 1.82) is 0 Å². The number of furan rings is 1. The highest BCUT2D eigenvalue weighted by molar-refractivity contribution is 5.23. The normalized spacial score (nSPS) is 16.5. The smallest absolute Gasteiger partial charge is 0.117 e. The summed E-state index contributed by atoms with van der Waals surface area (Å²) in [5.41, 5.74) is 2.78. The first-order valence-electron chi connectivity index (χ1n) is 8.43. The third kappa shape index (κ3) is 4.72. The van der Waals surface area contributed by atoms with Gasteiger partial charge in [0.1, 0.15) is 5.76 Å². The van der Waals surface area contributed by atoms with Crippen LogP contribution in [0.5, 0.6) is 0 Å². The van der Waals surface area contributed by atoms with E-state index in [1.807, 2.05) is 12.1 Å². The van der Waals surface area contributed by atoms with Crippen LogP contribution >= 0.6 is 0 Å². The van der Waals surface area contributed by atoms with Gasteiger partial charge < -0.3 is 9.73 Å². The Balaban J connectivity index is 1.50. The maximum absolute atomic E-state index is 5.34. The molecule has 0 saturated carbocycles. The Morgan fingerprint density at radius 2 is 1.73 bits per heavy atom. The molecule has 0 spiro atoms. The van der Waals surface area contributed by atoms with E-state index in [1.54, 1.807) is 6.26 Å². The van der Waals surface area contributed by atoms with Gasteiger partial charge in [-0.15, -0.1) is 0 Å². The molecule has 0 radical (unpaired) electrons. The standard InChI is InChI=1S/C19H26N2O/c1-2-4-11-21(10-3-1)16-18-8-5-7-17(13-18)14-20-15-19-9-6-12-22-19/h5-9,12-13,20H,1-4,10-11,14-16H2. The first-order chi connectivity index (χ1) is 10.9. The lowest BCUT2D eigenvalue weighted by atomic mass is 10.1. The fourth-order valence-corrected chi connectivity index (χ4v) is 3.13. The molecule has 2 heterocycles. The first kappa shape index (κ1) is 15.3. The highest BCUT2D eigenvalue weighted by Gasteiger charge is 2.09. The number of hydrogen-bond donors (Lipinski definition) is 1. The van der Waals surface area contributed by atoms with Crippen molar-refractivity contribution < 1.29 is 4.42 Å². The number of likely N-dealkylation sites (tertiary alicyclic amines) is 1. The first-order valence-corrected chi connectivity index (χ1v) is 8.43. The average molecular weight is 298 g/mol. The molecule has 1 N–H and O–H groups in total. The lowest BCUT2D eigenvalue weighted by Gasteiger charge is -2.20.